The van der Waals surface area contributed by atoms with Gasteiger partial charge in [0.2, 0.25) is 0 Å². The third-order valence-corrected chi connectivity index (χ3v) is 2.76. The molecule has 2 heteroatoms. The number of nitrogens with zero attached hydrogens (tertiary/aromatic N) is 1. The first-order valence-corrected chi connectivity index (χ1v) is 5.55. The molecule has 0 fully saturated rings. The Morgan fingerprint density at radius 3 is 2.75 bits per heavy atom. The van der Waals surface area contributed by atoms with E-state index in [2.05, 4.69) is 31.0 Å². The maximum atomic E-state index is 9.25. The van der Waals surface area contributed by atoms with Crippen LogP contribution < -0.4 is 0 Å². The maximum Gasteiger partial charge on any atom is 0.0702 e. The van der Waals surface area contributed by atoms with E-state index in [0.29, 0.717) is 0 Å². The van der Waals surface area contributed by atoms with E-state index in [9.17, 15) is 5.11 Å². The molecule has 0 aliphatic carbocycles. The van der Waals surface area contributed by atoms with Crippen molar-refractivity contribution in [3.63, 3.8) is 0 Å². The molecule has 0 spiro atoms. The molecular formula is C14H17NO. The highest BCUT2D eigenvalue weighted by Crippen LogP contribution is 2.22. The number of hydrogen-bond donors (Lipinski definition) is 1. The third kappa shape index (κ3) is 2.39. The summed E-state index contributed by atoms with van der Waals surface area (Å²) in [7, 11) is 0. The Labute approximate surface area is 96.0 Å². The second-order valence-electron chi connectivity index (χ2n) is 5.04. The van der Waals surface area contributed by atoms with Gasteiger partial charge in [0, 0.05) is 18.2 Å². The highest BCUT2D eigenvalue weighted by Gasteiger charge is 2.17. The zero-order chi connectivity index (χ0) is 11.6. The zero-order valence-corrected chi connectivity index (χ0v) is 9.77. The van der Waals surface area contributed by atoms with Crippen LogP contribution in [-0.2, 0) is 6.42 Å². The number of para-hydroxylation sites is 1. The van der Waals surface area contributed by atoms with Crippen LogP contribution in [0, 0.1) is 5.41 Å². The molecular weight excluding hydrogens is 198 g/mol. The first-order valence-electron chi connectivity index (χ1n) is 5.55. The largest absolute Gasteiger partial charge is 0.396 e. The van der Waals surface area contributed by atoms with E-state index >= 15 is 0 Å². The zero-order valence-electron chi connectivity index (χ0n) is 9.77. The number of fused-ring (bicyclic) bond motifs is 1. The van der Waals surface area contributed by atoms with Crippen LogP contribution in [0.1, 0.15) is 19.4 Å². The van der Waals surface area contributed by atoms with Gasteiger partial charge < -0.3 is 5.11 Å². The minimum atomic E-state index is -0.0792. The van der Waals surface area contributed by atoms with Crippen LogP contribution in [0.25, 0.3) is 10.9 Å². The summed E-state index contributed by atoms with van der Waals surface area (Å²) in [6, 6.07) is 10.2. The topological polar surface area (TPSA) is 33.1 Å². The van der Waals surface area contributed by atoms with Crippen LogP contribution in [0.4, 0.5) is 0 Å². The average Bonchev–Trinajstić information content (AvgIpc) is 2.28. The summed E-state index contributed by atoms with van der Waals surface area (Å²) in [6.07, 6.45) is 2.75. The lowest BCUT2D eigenvalue weighted by Crippen LogP contribution is -2.19. The number of rotatable bonds is 3. The van der Waals surface area contributed by atoms with E-state index in [1.807, 2.05) is 24.4 Å². The minimum absolute atomic E-state index is 0.0792. The number of aliphatic hydroxyl groups excluding tert-OH is 1. The highest BCUT2D eigenvalue weighted by atomic mass is 16.3. The van der Waals surface area contributed by atoms with Crippen molar-refractivity contribution < 1.29 is 5.11 Å². The smallest absolute Gasteiger partial charge is 0.0702 e. The molecule has 84 valence electrons. The SMILES string of the molecule is CC(C)(CO)Cc1cnc2ccccc2c1. The van der Waals surface area contributed by atoms with Gasteiger partial charge in [0.25, 0.3) is 0 Å². The molecule has 0 saturated heterocycles. The summed E-state index contributed by atoms with van der Waals surface area (Å²) in [5, 5.41) is 10.4. The Morgan fingerprint density at radius 2 is 2.00 bits per heavy atom. The Morgan fingerprint density at radius 1 is 1.25 bits per heavy atom. The van der Waals surface area contributed by atoms with Crippen LogP contribution in [-0.4, -0.2) is 16.7 Å². The summed E-state index contributed by atoms with van der Waals surface area (Å²) in [5.41, 5.74) is 2.12. The fourth-order valence-corrected chi connectivity index (χ4v) is 1.82. The highest BCUT2D eigenvalue weighted by molar-refractivity contribution is 5.78. The molecule has 0 aliphatic rings. The van der Waals surface area contributed by atoms with Gasteiger partial charge in [-0.15, -0.1) is 0 Å². The van der Waals surface area contributed by atoms with Gasteiger partial charge in [-0.05, 0) is 29.5 Å². The molecule has 0 saturated carbocycles. The summed E-state index contributed by atoms with van der Waals surface area (Å²) >= 11 is 0. The molecule has 0 radical (unpaired) electrons. The number of pyridine rings is 1. The molecule has 0 atom stereocenters. The van der Waals surface area contributed by atoms with Gasteiger partial charge in [0.1, 0.15) is 0 Å². The first-order chi connectivity index (χ1) is 7.61. The van der Waals surface area contributed by atoms with Crippen molar-refractivity contribution in [2.75, 3.05) is 6.61 Å². The van der Waals surface area contributed by atoms with E-state index in [1.165, 1.54) is 5.56 Å². The lowest BCUT2D eigenvalue weighted by molar-refractivity contribution is 0.159. The molecule has 0 amide bonds. The standard InChI is InChI=1S/C14H17NO/c1-14(2,10-16)8-11-7-12-5-3-4-6-13(12)15-9-11/h3-7,9,16H,8,10H2,1-2H3. The van der Waals surface area contributed by atoms with Crippen molar-refractivity contribution in [2.45, 2.75) is 20.3 Å². The predicted octanol–water partition coefficient (Wildman–Crippen LogP) is 2.80. The summed E-state index contributed by atoms with van der Waals surface area (Å²) in [6.45, 7) is 4.31. The second kappa shape index (κ2) is 4.22. The van der Waals surface area contributed by atoms with Crippen molar-refractivity contribution in [1.82, 2.24) is 4.98 Å². The fraction of sp³-hybridized carbons (Fsp3) is 0.357. The third-order valence-electron chi connectivity index (χ3n) is 2.76. The Balaban J connectivity index is 2.33. The molecule has 1 aromatic heterocycles. The number of aliphatic hydroxyl groups is 1. The van der Waals surface area contributed by atoms with Gasteiger partial charge in [0.15, 0.2) is 0 Å². The maximum absolute atomic E-state index is 9.25. The van der Waals surface area contributed by atoms with Crippen LogP contribution in [0.15, 0.2) is 36.5 Å². The van der Waals surface area contributed by atoms with Gasteiger partial charge in [-0.3, -0.25) is 4.98 Å². The number of aromatic nitrogens is 1. The Hall–Kier alpha value is -1.41. The Kier molecular flexibility index (Phi) is 2.92. The predicted molar refractivity (Wildman–Crippen MR) is 66.3 cm³/mol. The minimum Gasteiger partial charge on any atom is -0.396 e. The summed E-state index contributed by atoms with van der Waals surface area (Å²) in [5.74, 6) is 0. The first kappa shape index (κ1) is 11.1. The molecule has 1 heterocycles. The van der Waals surface area contributed by atoms with Gasteiger partial charge in [-0.25, -0.2) is 0 Å². The summed E-state index contributed by atoms with van der Waals surface area (Å²) in [4.78, 5) is 4.42. The van der Waals surface area contributed by atoms with Crippen molar-refractivity contribution in [3.8, 4) is 0 Å². The molecule has 1 aromatic carbocycles. The molecule has 2 aromatic rings. The van der Waals surface area contributed by atoms with E-state index in [0.717, 1.165) is 17.3 Å². The van der Waals surface area contributed by atoms with Crippen molar-refractivity contribution in [1.29, 1.82) is 0 Å². The lowest BCUT2D eigenvalue weighted by Gasteiger charge is -2.21. The van der Waals surface area contributed by atoms with E-state index in [-0.39, 0.29) is 12.0 Å². The van der Waals surface area contributed by atoms with Crippen LogP contribution in [0.2, 0.25) is 0 Å². The van der Waals surface area contributed by atoms with Gasteiger partial charge in [0.05, 0.1) is 5.52 Å². The monoisotopic (exact) mass is 215 g/mol. The fourth-order valence-electron chi connectivity index (χ4n) is 1.82. The molecule has 2 nitrogen and oxygen atoms in total. The van der Waals surface area contributed by atoms with Crippen LogP contribution in [0.3, 0.4) is 0 Å². The molecule has 0 bridgehead atoms. The van der Waals surface area contributed by atoms with E-state index in [4.69, 9.17) is 0 Å². The summed E-state index contributed by atoms with van der Waals surface area (Å²) < 4.78 is 0. The molecule has 0 unspecified atom stereocenters. The molecule has 2 rings (SSSR count). The van der Waals surface area contributed by atoms with Gasteiger partial charge in [-0.2, -0.15) is 0 Å². The molecule has 16 heavy (non-hydrogen) atoms. The molecule has 1 N–H and O–H groups in total. The lowest BCUT2D eigenvalue weighted by atomic mass is 9.87. The number of hydrogen-bond acceptors (Lipinski definition) is 2. The van der Waals surface area contributed by atoms with E-state index < -0.39 is 0 Å². The average molecular weight is 215 g/mol. The second-order valence-corrected chi connectivity index (χ2v) is 5.04. The van der Waals surface area contributed by atoms with Crippen LogP contribution >= 0.6 is 0 Å². The normalized spacial score (nSPS) is 11.9. The van der Waals surface area contributed by atoms with Crippen molar-refractivity contribution in [2.24, 2.45) is 5.41 Å². The van der Waals surface area contributed by atoms with Crippen molar-refractivity contribution >= 4 is 10.9 Å². The van der Waals surface area contributed by atoms with Crippen LogP contribution in [0.5, 0.6) is 0 Å². The van der Waals surface area contributed by atoms with Gasteiger partial charge in [-0.1, -0.05) is 32.0 Å². The Bertz CT molecular complexity index is 491. The quantitative estimate of drug-likeness (QED) is 0.854. The van der Waals surface area contributed by atoms with Gasteiger partial charge >= 0.3 is 0 Å². The molecule has 0 aliphatic heterocycles. The number of benzene rings is 1. The van der Waals surface area contributed by atoms with Crippen molar-refractivity contribution in [3.05, 3.63) is 42.1 Å². The van der Waals surface area contributed by atoms with E-state index in [1.54, 1.807) is 0 Å².